The highest BCUT2D eigenvalue weighted by Crippen LogP contribution is 2.25. The van der Waals surface area contributed by atoms with E-state index in [0.29, 0.717) is 23.1 Å². The fraction of sp³-hybridized carbons (Fsp3) is 0.412. The largest absolute Gasteiger partial charge is 0.360 e. The maximum absolute atomic E-state index is 12.7. The van der Waals surface area contributed by atoms with Crippen molar-refractivity contribution in [3.05, 3.63) is 41.7 Å². The zero-order chi connectivity index (χ0) is 15.5. The highest BCUT2D eigenvalue weighted by atomic mass is 35.5. The second-order valence-corrected chi connectivity index (χ2v) is 5.88. The summed E-state index contributed by atoms with van der Waals surface area (Å²) in [6.45, 7) is 4.85. The average Bonchev–Trinajstić information content (AvgIpc) is 2.90. The highest BCUT2D eigenvalue weighted by Gasteiger charge is 2.25. The number of hydrogen-bond acceptors (Lipinski definition) is 4. The van der Waals surface area contributed by atoms with Crippen LogP contribution in [0.25, 0.3) is 11.3 Å². The molecule has 2 N–H and O–H groups in total. The standard InChI is InChI=1S/C17H21N3O2.ClH/c1-11-10-14(8-9-18-11)19-17(21)15-12(2)22-20-16(15)13-6-4-3-5-7-13;/h3-7,11,14,18H,8-10H2,1-2H3,(H,19,21);1H. The third-order valence-electron chi connectivity index (χ3n) is 4.10. The van der Waals surface area contributed by atoms with Gasteiger partial charge in [0.25, 0.3) is 5.91 Å². The van der Waals surface area contributed by atoms with Gasteiger partial charge in [-0.3, -0.25) is 4.79 Å². The molecule has 0 spiro atoms. The predicted molar refractivity (Wildman–Crippen MR) is 91.9 cm³/mol. The Bertz CT molecular complexity index is 657. The number of amides is 1. The van der Waals surface area contributed by atoms with Crippen LogP contribution in [0.15, 0.2) is 34.9 Å². The molecule has 5 nitrogen and oxygen atoms in total. The van der Waals surface area contributed by atoms with Crippen LogP contribution in [0.2, 0.25) is 0 Å². The molecular weight excluding hydrogens is 314 g/mol. The Morgan fingerprint density at radius 3 is 2.78 bits per heavy atom. The first-order valence-electron chi connectivity index (χ1n) is 7.71. The minimum Gasteiger partial charge on any atom is -0.360 e. The van der Waals surface area contributed by atoms with Crippen molar-refractivity contribution in [1.29, 1.82) is 0 Å². The number of benzene rings is 1. The van der Waals surface area contributed by atoms with Crippen molar-refractivity contribution in [2.75, 3.05) is 6.54 Å². The van der Waals surface area contributed by atoms with E-state index in [1.807, 2.05) is 30.3 Å². The maximum Gasteiger partial charge on any atom is 0.257 e. The first-order chi connectivity index (χ1) is 10.6. The third kappa shape index (κ3) is 3.92. The summed E-state index contributed by atoms with van der Waals surface area (Å²) in [6.07, 6.45) is 1.89. The summed E-state index contributed by atoms with van der Waals surface area (Å²) in [7, 11) is 0. The number of carbonyl (C=O) groups is 1. The van der Waals surface area contributed by atoms with E-state index in [1.165, 1.54) is 0 Å². The van der Waals surface area contributed by atoms with E-state index in [0.717, 1.165) is 24.9 Å². The molecule has 1 aromatic carbocycles. The Morgan fingerprint density at radius 2 is 2.09 bits per heavy atom. The van der Waals surface area contributed by atoms with Gasteiger partial charge in [-0.05, 0) is 33.2 Å². The zero-order valence-corrected chi connectivity index (χ0v) is 14.2. The van der Waals surface area contributed by atoms with E-state index in [2.05, 4.69) is 22.7 Å². The number of nitrogens with zero attached hydrogens (tertiary/aromatic N) is 1. The summed E-state index contributed by atoms with van der Waals surface area (Å²) in [4.78, 5) is 12.7. The van der Waals surface area contributed by atoms with Crippen LogP contribution in [0.5, 0.6) is 0 Å². The Hall–Kier alpha value is -1.85. The van der Waals surface area contributed by atoms with E-state index in [-0.39, 0.29) is 24.4 Å². The molecule has 1 amide bonds. The van der Waals surface area contributed by atoms with Gasteiger partial charge in [0.1, 0.15) is 17.0 Å². The van der Waals surface area contributed by atoms with Gasteiger partial charge < -0.3 is 15.2 Å². The molecule has 2 aromatic rings. The van der Waals surface area contributed by atoms with Crippen LogP contribution in [0.3, 0.4) is 0 Å². The maximum atomic E-state index is 12.7. The van der Waals surface area contributed by atoms with E-state index in [1.54, 1.807) is 6.92 Å². The van der Waals surface area contributed by atoms with Gasteiger partial charge in [-0.1, -0.05) is 35.5 Å². The molecule has 3 rings (SSSR count). The Kier molecular flexibility index (Phi) is 5.80. The lowest BCUT2D eigenvalue weighted by molar-refractivity contribution is 0.0924. The van der Waals surface area contributed by atoms with Crippen LogP contribution in [0, 0.1) is 6.92 Å². The molecule has 124 valence electrons. The molecule has 6 heteroatoms. The predicted octanol–water partition coefficient (Wildman–Crippen LogP) is 2.94. The molecule has 2 heterocycles. The summed E-state index contributed by atoms with van der Waals surface area (Å²) in [5.74, 6) is 0.454. The Morgan fingerprint density at radius 1 is 1.35 bits per heavy atom. The van der Waals surface area contributed by atoms with Crippen LogP contribution in [0.4, 0.5) is 0 Å². The number of halogens is 1. The molecule has 1 fully saturated rings. The Labute approximate surface area is 142 Å². The lowest BCUT2D eigenvalue weighted by Crippen LogP contribution is -2.46. The van der Waals surface area contributed by atoms with Gasteiger partial charge in [0.05, 0.1) is 0 Å². The van der Waals surface area contributed by atoms with Gasteiger partial charge in [0, 0.05) is 17.6 Å². The van der Waals surface area contributed by atoms with Crippen molar-refractivity contribution in [3.8, 4) is 11.3 Å². The molecule has 2 unspecified atom stereocenters. The number of aromatic nitrogens is 1. The number of aryl methyl sites for hydroxylation is 1. The minimum absolute atomic E-state index is 0. The summed E-state index contributed by atoms with van der Waals surface area (Å²) in [5, 5.41) is 10.6. The minimum atomic E-state index is -0.100. The quantitative estimate of drug-likeness (QED) is 0.905. The van der Waals surface area contributed by atoms with Gasteiger partial charge in [0.2, 0.25) is 0 Å². The number of piperidine rings is 1. The van der Waals surface area contributed by atoms with Crippen molar-refractivity contribution in [1.82, 2.24) is 15.8 Å². The molecule has 2 atom stereocenters. The summed E-state index contributed by atoms with van der Waals surface area (Å²) < 4.78 is 5.26. The van der Waals surface area contributed by atoms with Gasteiger partial charge in [-0.2, -0.15) is 0 Å². The van der Waals surface area contributed by atoms with Crippen molar-refractivity contribution < 1.29 is 9.32 Å². The fourth-order valence-electron chi connectivity index (χ4n) is 2.95. The van der Waals surface area contributed by atoms with Crippen molar-refractivity contribution in [2.45, 2.75) is 38.8 Å². The molecular formula is C17H22ClN3O2. The second kappa shape index (κ2) is 7.62. The SMILES string of the molecule is Cc1onc(-c2ccccc2)c1C(=O)NC1CCNC(C)C1.Cl. The number of rotatable bonds is 3. The van der Waals surface area contributed by atoms with Crippen molar-refractivity contribution in [3.63, 3.8) is 0 Å². The zero-order valence-electron chi connectivity index (χ0n) is 13.3. The topological polar surface area (TPSA) is 67.2 Å². The first-order valence-corrected chi connectivity index (χ1v) is 7.71. The summed E-state index contributed by atoms with van der Waals surface area (Å²) in [6, 6.07) is 10.3. The Balaban J connectivity index is 0.00000192. The molecule has 0 bridgehead atoms. The molecule has 0 aliphatic carbocycles. The normalized spacial score (nSPS) is 20.6. The second-order valence-electron chi connectivity index (χ2n) is 5.88. The smallest absolute Gasteiger partial charge is 0.257 e. The first kappa shape index (κ1) is 17.5. The van der Waals surface area contributed by atoms with E-state index in [4.69, 9.17) is 4.52 Å². The van der Waals surface area contributed by atoms with Crippen molar-refractivity contribution in [2.24, 2.45) is 0 Å². The number of carbonyl (C=O) groups excluding carboxylic acids is 1. The summed E-state index contributed by atoms with van der Waals surface area (Å²) in [5.41, 5.74) is 2.04. The molecule has 0 radical (unpaired) electrons. The van der Waals surface area contributed by atoms with Crippen LogP contribution in [-0.2, 0) is 0 Å². The molecule has 1 aromatic heterocycles. The van der Waals surface area contributed by atoms with Gasteiger partial charge >= 0.3 is 0 Å². The van der Waals surface area contributed by atoms with Crippen LogP contribution in [0.1, 0.15) is 35.9 Å². The monoisotopic (exact) mass is 335 g/mol. The van der Waals surface area contributed by atoms with Crippen molar-refractivity contribution >= 4 is 18.3 Å². The van der Waals surface area contributed by atoms with Crippen LogP contribution >= 0.6 is 12.4 Å². The van der Waals surface area contributed by atoms with Gasteiger partial charge in [-0.15, -0.1) is 12.4 Å². The average molecular weight is 336 g/mol. The molecule has 23 heavy (non-hydrogen) atoms. The molecule has 1 aliphatic rings. The fourth-order valence-corrected chi connectivity index (χ4v) is 2.95. The lowest BCUT2D eigenvalue weighted by Gasteiger charge is -2.28. The number of hydrogen-bond donors (Lipinski definition) is 2. The van der Waals surface area contributed by atoms with E-state index in [9.17, 15) is 4.79 Å². The van der Waals surface area contributed by atoms with Gasteiger partial charge in [-0.25, -0.2) is 0 Å². The van der Waals surface area contributed by atoms with Crippen LogP contribution < -0.4 is 10.6 Å². The summed E-state index contributed by atoms with van der Waals surface area (Å²) >= 11 is 0. The lowest BCUT2D eigenvalue weighted by atomic mass is 9.99. The van der Waals surface area contributed by atoms with Gasteiger partial charge in [0.15, 0.2) is 0 Å². The molecule has 1 aliphatic heterocycles. The highest BCUT2D eigenvalue weighted by molar-refractivity contribution is 6.00. The van der Waals surface area contributed by atoms with Crippen LogP contribution in [-0.4, -0.2) is 29.7 Å². The third-order valence-corrected chi connectivity index (χ3v) is 4.10. The molecule has 1 saturated heterocycles. The van der Waals surface area contributed by atoms with E-state index < -0.39 is 0 Å². The molecule has 0 saturated carbocycles. The van der Waals surface area contributed by atoms with E-state index >= 15 is 0 Å². The number of nitrogens with one attached hydrogen (secondary N) is 2.